The van der Waals surface area contributed by atoms with Crippen molar-refractivity contribution in [2.24, 2.45) is 0 Å². The minimum absolute atomic E-state index is 0.0334. The number of amides is 1. The Kier molecular flexibility index (Phi) is 7.38. The molecule has 1 amide bonds. The molecule has 134 valence electrons. The van der Waals surface area contributed by atoms with Crippen LogP contribution >= 0.6 is 0 Å². The molecule has 0 bridgehead atoms. The molecule has 0 fully saturated rings. The highest BCUT2D eigenvalue weighted by Gasteiger charge is 2.11. The molecule has 0 saturated carbocycles. The van der Waals surface area contributed by atoms with E-state index in [0.29, 0.717) is 12.1 Å². The van der Waals surface area contributed by atoms with Gasteiger partial charge in [0.05, 0.1) is 6.42 Å². The number of rotatable bonds is 9. The van der Waals surface area contributed by atoms with E-state index in [2.05, 4.69) is 16.9 Å². The average Bonchev–Trinajstić information content (AvgIpc) is 2.59. The molecule has 0 N–H and O–H groups in total. The number of hydrogen-bond acceptors (Lipinski definition) is 2. The highest BCUT2D eigenvalue weighted by molar-refractivity contribution is 5.78. The maximum absolute atomic E-state index is 12.2. The van der Waals surface area contributed by atoms with E-state index in [9.17, 15) is 13.6 Å². The third kappa shape index (κ3) is 6.91. The molecule has 25 heavy (non-hydrogen) atoms. The lowest BCUT2D eigenvalue weighted by Gasteiger charge is -2.17. The van der Waals surface area contributed by atoms with Crippen LogP contribution in [0.1, 0.15) is 24.0 Å². The van der Waals surface area contributed by atoms with E-state index >= 15 is 0 Å². The molecule has 0 heterocycles. The van der Waals surface area contributed by atoms with Crippen LogP contribution in [0.5, 0.6) is 5.75 Å². The number of ether oxygens (including phenoxy) is 1. The summed E-state index contributed by atoms with van der Waals surface area (Å²) in [4.78, 5) is 13.9. The normalized spacial score (nSPS) is 10.7. The number of hydrogen-bond donors (Lipinski definition) is 0. The Morgan fingerprint density at radius 1 is 1.04 bits per heavy atom. The largest absolute Gasteiger partial charge is 0.435 e. The standard InChI is InChI=1S/C20H23F2NO2/c1-23(13-6-5-10-16-8-3-2-4-9-16)19(24)15-17-11-7-12-18(14-17)25-20(21)22/h2-4,7-9,11-12,14,20H,5-6,10,13,15H2,1H3. The van der Waals surface area contributed by atoms with Crippen LogP contribution in [0.25, 0.3) is 0 Å². The molecule has 0 aromatic heterocycles. The van der Waals surface area contributed by atoms with E-state index in [4.69, 9.17) is 0 Å². The molecule has 2 aromatic carbocycles. The Balaban J connectivity index is 1.74. The van der Waals surface area contributed by atoms with Crippen LogP contribution in [0.3, 0.4) is 0 Å². The monoisotopic (exact) mass is 347 g/mol. The van der Waals surface area contributed by atoms with Crippen molar-refractivity contribution in [1.82, 2.24) is 4.90 Å². The van der Waals surface area contributed by atoms with Gasteiger partial charge in [-0.05, 0) is 42.5 Å². The van der Waals surface area contributed by atoms with Crippen LogP contribution in [0, 0.1) is 0 Å². The van der Waals surface area contributed by atoms with Gasteiger partial charge in [-0.1, -0.05) is 42.5 Å². The van der Waals surface area contributed by atoms with Crippen LogP contribution in [0.4, 0.5) is 8.78 Å². The lowest BCUT2D eigenvalue weighted by molar-refractivity contribution is -0.129. The Morgan fingerprint density at radius 2 is 1.76 bits per heavy atom. The van der Waals surface area contributed by atoms with Crippen molar-refractivity contribution in [1.29, 1.82) is 0 Å². The maximum Gasteiger partial charge on any atom is 0.387 e. The smallest absolute Gasteiger partial charge is 0.387 e. The van der Waals surface area contributed by atoms with Gasteiger partial charge < -0.3 is 9.64 Å². The molecule has 2 rings (SSSR count). The predicted octanol–water partition coefficient (Wildman–Crippen LogP) is 4.31. The van der Waals surface area contributed by atoms with Gasteiger partial charge in [-0.25, -0.2) is 0 Å². The minimum Gasteiger partial charge on any atom is -0.435 e. The molecular weight excluding hydrogens is 324 g/mol. The summed E-state index contributed by atoms with van der Waals surface area (Å²) in [5.74, 6) is 0.0414. The second kappa shape index (κ2) is 9.77. The maximum atomic E-state index is 12.2. The van der Waals surface area contributed by atoms with Crippen molar-refractivity contribution in [3.63, 3.8) is 0 Å². The summed E-state index contributed by atoms with van der Waals surface area (Å²) in [5, 5.41) is 0. The second-order valence-electron chi connectivity index (χ2n) is 5.96. The van der Waals surface area contributed by atoms with E-state index in [0.717, 1.165) is 19.3 Å². The van der Waals surface area contributed by atoms with E-state index in [1.165, 1.54) is 17.7 Å². The SMILES string of the molecule is CN(CCCCc1ccccc1)C(=O)Cc1cccc(OC(F)F)c1. The number of carbonyl (C=O) groups is 1. The average molecular weight is 347 g/mol. The van der Waals surface area contributed by atoms with Crippen LogP contribution < -0.4 is 4.74 Å². The predicted molar refractivity (Wildman–Crippen MR) is 93.8 cm³/mol. The molecular formula is C20H23F2NO2. The van der Waals surface area contributed by atoms with Gasteiger partial charge >= 0.3 is 6.61 Å². The van der Waals surface area contributed by atoms with Gasteiger partial charge in [-0.15, -0.1) is 0 Å². The first-order chi connectivity index (χ1) is 12.0. The zero-order valence-electron chi connectivity index (χ0n) is 14.3. The molecule has 5 heteroatoms. The van der Waals surface area contributed by atoms with Crippen molar-refractivity contribution in [2.75, 3.05) is 13.6 Å². The first-order valence-electron chi connectivity index (χ1n) is 8.36. The third-order valence-electron chi connectivity index (χ3n) is 3.96. The summed E-state index contributed by atoms with van der Waals surface area (Å²) in [7, 11) is 1.77. The summed E-state index contributed by atoms with van der Waals surface area (Å²) in [6.45, 7) is -2.18. The molecule has 0 aliphatic heterocycles. The fraction of sp³-hybridized carbons (Fsp3) is 0.350. The Labute approximate surface area is 147 Å². The van der Waals surface area contributed by atoms with Crippen LogP contribution in [-0.2, 0) is 17.6 Å². The topological polar surface area (TPSA) is 29.5 Å². The Bertz CT molecular complexity index is 662. The number of halogens is 2. The Morgan fingerprint density at radius 3 is 2.48 bits per heavy atom. The first-order valence-corrected chi connectivity index (χ1v) is 8.36. The van der Waals surface area contributed by atoms with Gasteiger partial charge in [0.1, 0.15) is 5.75 Å². The molecule has 0 saturated heterocycles. The summed E-state index contributed by atoms with van der Waals surface area (Å²) in [5.41, 5.74) is 1.96. The number of unbranched alkanes of at least 4 members (excludes halogenated alkanes) is 1. The summed E-state index contributed by atoms with van der Waals surface area (Å²) < 4.78 is 28.8. The van der Waals surface area contributed by atoms with E-state index in [1.54, 1.807) is 24.1 Å². The zero-order valence-corrected chi connectivity index (χ0v) is 14.3. The summed E-state index contributed by atoms with van der Waals surface area (Å²) in [6, 6.07) is 16.5. The van der Waals surface area contributed by atoms with Gasteiger partial charge in [0.25, 0.3) is 0 Å². The van der Waals surface area contributed by atoms with Crippen LogP contribution in [0.15, 0.2) is 54.6 Å². The van der Waals surface area contributed by atoms with E-state index in [-0.39, 0.29) is 18.1 Å². The van der Waals surface area contributed by atoms with Crippen molar-refractivity contribution >= 4 is 5.91 Å². The van der Waals surface area contributed by atoms with Crippen molar-refractivity contribution < 1.29 is 18.3 Å². The quantitative estimate of drug-likeness (QED) is 0.633. The zero-order chi connectivity index (χ0) is 18.1. The molecule has 0 unspecified atom stereocenters. The van der Waals surface area contributed by atoms with Crippen molar-refractivity contribution in [3.05, 3.63) is 65.7 Å². The third-order valence-corrected chi connectivity index (χ3v) is 3.96. The number of nitrogens with zero attached hydrogens (tertiary/aromatic N) is 1. The van der Waals surface area contributed by atoms with Gasteiger partial charge in [-0.2, -0.15) is 8.78 Å². The molecule has 0 atom stereocenters. The number of alkyl halides is 2. The van der Waals surface area contributed by atoms with Gasteiger partial charge in [0.2, 0.25) is 5.91 Å². The van der Waals surface area contributed by atoms with Gasteiger partial charge in [-0.3, -0.25) is 4.79 Å². The van der Waals surface area contributed by atoms with Gasteiger partial charge in [0, 0.05) is 13.6 Å². The van der Waals surface area contributed by atoms with Gasteiger partial charge in [0.15, 0.2) is 0 Å². The molecule has 0 radical (unpaired) electrons. The second-order valence-corrected chi connectivity index (χ2v) is 5.96. The summed E-state index contributed by atoms with van der Waals surface area (Å²) >= 11 is 0. The summed E-state index contributed by atoms with van der Waals surface area (Å²) in [6.07, 6.45) is 3.11. The van der Waals surface area contributed by atoms with E-state index in [1.807, 2.05) is 18.2 Å². The number of likely N-dealkylation sites (N-methyl/N-ethyl adjacent to an activating group) is 1. The fourth-order valence-electron chi connectivity index (χ4n) is 2.59. The number of benzene rings is 2. The molecule has 0 aliphatic rings. The highest BCUT2D eigenvalue weighted by atomic mass is 19.3. The molecule has 2 aromatic rings. The number of aryl methyl sites for hydroxylation is 1. The minimum atomic E-state index is -2.86. The molecule has 3 nitrogen and oxygen atoms in total. The Hall–Kier alpha value is -2.43. The van der Waals surface area contributed by atoms with Crippen LogP contribution in [0.2, 0.25) is 0 Å². The van der Waals surface area contributed by atoms with Crippen molar-refractivity contribution in [2.45, 2.75) is 32.3 Å². The molecule has 0 spiro atoms. The first kappa shape index (κ1) is 18.9. The fourth-order valence-corrected chi connectivity index (χ4v) is 2.59. The van der Waals surface area contributed by atoms with Crippen molar-refractivity contribution in [3.8, 4) is 5.75 Å². The lowest BCUT2D eigenvalue weighted by Crippen LogP contribution is -2.29. The number of carbonyl (C=O) groups excluding carboxylic acids is 1. The lowest BCUT2D eigenvalue weighted by atomic mass is 10.1. The highest BCUT2D eigenvalue weighted by Crippen LogP contribution is 2.17. The van der Waals surface area contributed by atoms with E-state index < -0.39 is 6.61 Å². The molecule has 0 aliphatic carbocycles. The van der Waals surface area contributed by atoms with Crippen LogP contribution in [-0.4, -0.2) is 31.0 Å².